The van der Waals surface area contributed by atoms with Crippen LogP contribution in [-0.2, 0) is 14.4 Å². The molecular formula is C19H18N4O5. The first kappa shape index (κ1) is 19.3. The van der Waals surface area contributed by atoms with Gasteiger partial charge in [-0.3, -0.25) is 39.1 Å². The summed E-state index contributed by atoms with van der Waals surface area (Å²) in [6.45, 7) is 0.148. The highest BCUT2D eigenvalue weighted by atomic mass is 16.2. The number of nitrogens with zero attached hydrogens (tertiary/aromatic N) is 2. The Balaban J connectivity index is 1.86. The predicted molar refractivity (Wildman–Crippen MR) is 98.1 cm³/mol. The van der Waals surface area contributed by atoms with E-state index in [4.69, 9.17) is 6.42 Å². The quantitative estimate of drug-likeness (QED) is 0.406. The molecule has 2 N–H and O–H groups in total. The summed E-state index contributed by atoms with van der Waals surface area (Å²) < 4.78 is 0. The third kappa shape index (κ3) is 3.25. The number of rotatable bonds is 5. The van der Waals surface area contributed by atoms with Crippen molar-refractivity contribution in [3.8, 4) is 12.3 Å². The third-order valence-corrected chi connectivity index (χ3v) is 4.67. The van der Waals surface area contributed by atoms with Gasteiger partial charge in [-0.1, -0.05) is 12.0 Å². The zero-order valence-corrected chi connectivity index (χ0v) is 15.2. The van der Waals surface area contributed by atoms with Gasteiger partial charge in [-0.2, -0.15) is 0 Å². The first-order valence-electron chi connectivity index (χ1n) is 8.62. The molecule has 0 bridgehead atoms. The van der Waals surface area contributed by atoms with E-state index in [9.17, 15) is 24.0 Å². The van der Waals surface area contributed by atoms with Crippen molar-refractivity contribution in [2.45, 2.75) is 18.9 Å². The molecule has 144 valence electrons. The molecule has 1 saturated heterocycles. The van der Waals surface area contributed by atoms with Gasteiger partial charge in [0.25, 0.3) is 17.7 Å². The van der Waals surface area contributed by atoms with Crippen molar-refractivity contribution in [3.63, 3.8) is 0 Å². The summed E-state index contributed by atoms with van der Waals surface area (Å²) in [5, 5.41) is 5.31. The zero-order valence-electron chi connectivity index (χ0n) is 15.2. The molecule has 2 heterocycles. The average molecular weight is 382 g/mol. The van der Waals surface area contributed by atoms with E-state index in [1.165, 1.54) is 25.2 Å². The van der Waals surface area contributed by atoms with E-state index in [2.05, 4.69) is 16.6 Å². The van der Waals surface area contributed by atoms with Crippen LogP contribution < -0.4 is 10.6 Å². The van der Waals surface area contributed by atoms with Gasteiger partial charge in [-0.25, -0.2) is 0 Å². The van der Waals surface area contributed by atoms with Gasteiger partial charge in [0.1, 0.15) is 6.04 Å². The molecule has 28 heavy (non-hydrogen) atoms. The molecule has 1 atom stereocenters. The maximum Gasteiger partial charge on any atom is 0.264 e. The topological polar surface area (TPSA) is 116 Å². The van der Waals surface area contributed by atoms with Gasteiger partial charge in [0.05, 0.1) is 29.9 Å². The van der Waals surface area contributed by atoms with E-state index in [1.807, 2.05) is 0 Å². The summed E-state index contributed by atoms with van der Waals surface area (Å²) >= 11 is 0. The maximum absolute atomic E-state index is 13.0. The molecule has 0 aliphatic carbocycles. The minimum absolute atomic E-state index is 0.0325. The fraction of sp³-hybridized carbons (Fsp3) is 0.316. The van der Waals surface area contributed by atoms with Crippen LogP contribution in [0.4, 0.5) is 5.69 Å². The van der Waals surface area contributed by atoms with E-state index in [0.717, 1.165) is 9.80 Å². The fourth-order valence-electron chi connectivity index (χ4n) is 3.27. The lowest BCUT2D eigenvalue weighted by atomic mass is 10.0. The van der Waals surface area contributed by atoms with Gasteiger partial charge < -0.3 is 5.32 Å². The molecule has 2 aliphatic rings. The lowest BCUT2D eigenvalue weighted by Gasteiger charge is -2.32. The van der Waals surface area contributed by atoms with Crippen molar-refractivity contribution in [3.05, 3.63) is 29.3 Å². The molecule has 2 aliphatic heterocycles. The Morgan fingerprint density at radius 3 is 2.71 bits per heavy atom. The molecule has 1 fully saturated rings. The Hall–Kier alpha value is -3.51. The summed E-state index contributed by atoms with van der Waals surface area (Å²) in [7, 11) is 1.32. The second kappa shape index (κ2) is 7.62. The lowest BCUT2D eigenvalue weighted by Crippen LogP contribution is -2.54. The van der Waals surface area contributed by atoms with E-state index in [1.54, 1.807) is 0 Å². The van der Waals surface area contributed by atoms with Crippen LogP contribution >= 0.6 is 0 Å². The van der Waals surface area contributed by atoms with Crippen LogP contribution in [0, 0.1) is 12.3 Å². The molecule has 3 rings (SSSR count). The number of hydrogen-bond donors (Lipinski definition) is 2. The molecule has 0 saturated carbocycles. The van der Waals surface area contributed by atoms with Gasteiger partial charge in [-0.05, 0) is 18.6 Å². The van der Waals surface area contributed by atoms with Crippen molar-refractivity contribution in [1.29, 1.82) is 0 Å². The normalized spacial score (nSPS) is 18.9. The van der Waals surface area contributed by atoms with Crippen molar-refractivity contribution in [1.82, 2.24) is 15.1 Å². The number of imide groups is 2. The van der Waals surface area contributed by atoms with Crippen LogP contribution in [0.3, 0.4) is 0 Å². The molecule has 0 aromatic heterocycles. The number of hydrogen-bond acceptors (Lipinski definition) is 6. The van der Waals surface area contributed by atoms with E-state index < -0.39 is 29.7 Å². The first-order chi connectivity index (χ1) is 13.4. The summed E-state index contributed by atoms with van der Waals surface area (Å²) in [5.41, 5.74) is 0.315. The number of terminal acetylenes is 1. The molecular weight excluding hydrogens is 364 g/mol. The van der Waals surface area contributed by atoms with Crippen LogP contribution in [0.25, 0.3) is 0 Å². The van der Waals surface area contributed by atoms with Crippen molar-refractivity contribution in [2.75, 3.05) is 25.5 Å². The number of piperidine rings is 1. The number of carbonyl (C=O) groups is 5. The first-order valence-corrected chi connectivity index (χ1v) is 8.62. The smallest absolute Gasteiger partial charge is 0.264 e. The number of benzene rings is 1. The molecule has 0 radical (unpaired) electrons. The third-order valence-electron chi connectivity index (χ3n) is 4.67. The van der Waals surface area contributed by atoms with Crippen LogP contribution in [0.2, 0.25) is 0 Å². The average Bonchev–Trinajstić information content (AvgIpc) is 2.92. The van der Waals surface area contributed by atoms with Crippen molar-refractivity contribution >= 4 is 35.2 Å². The second-order valence-electron chi connectivity index (χ2n) is 6.41. The SMILES string of the molecule is C#CCNCC(=O)Nc1cccc2c1C(=O)N(C1CCC(=O)N(C)C1=O)C2=O. The highest BCUT2D eigenvalue weighted by Crippen LogP contribution is 2.33. The molecule has 5 amide bonds. The van der Waals surface area contributed by atoms with Gasteiger partial charge >= 0.3 is 0 Å². The summed E-state index contributed by atoms with van der Waals surface area (Å²) in [6.07, 6.45) is 5.24. The highest BCUT2D eigenvalue weighted by Gasteiger charge is 2.47. The number of likely N-dealkylation sites (tertiary alicyclic amines) is 1. The Morgan fingerprint density at radius 2 is 2.00 bits per heavy atom. The monoisotopic (exact) mass is 382 g/mol. The minimum Gasteiger partial charge on any atom is -0.324 e. The largest absolute Gasteiger partial charge is 0.324 e. The predicted octanol–water partition coefficient (Wildman–Crippen LogP) is -0.409. The van der Waals surface area contributed by atoms with Gasteiger partial charge in [0.15, 0.2) is 0 Å². The molecule has 1 aromatic carbocycles. The van der Waals surface area contributed by atoms with Gasteiger partial charge in [0.2, 0.25) is 11.8 Å². The standard InChI is InChI=1S/C19H18N4O5/c1-3-9-20-10-14(24)21-12-6-4-5-11-16(12)19(28)23(17(11)26)13-7-8-15(25)22(2)18(13)27/h1,4-6,13,20H,7-10H2,2H3,(H,21,24). The highest BCUT2D eigenvalue weighted by molar-refractivity contribution is 6.26. The molecule has 0 spiro atoms. The van der Waals surface area contributed by atoms with E-state index >= 15 is 0 Å². The van der Waals surface area contributed by atoms with Gasteiger partial charge in [0, 0.05) is 13.5 Å². The maximum atomic E-state index is 13.0. The second-order valence-corrected chi connectivity index (χ2v) is 6.41. The molecule has 9 heteroatoms. The Bertz CT molecular complexity index is 933. The summed E-state index contributed by atoms with van der Waals surface area (Å²) in [6, 6.07) is 3.46. The van der Waals surface area contributed by atoms with E-state index in [-0.39, 0.29) is 48.7 Å². The Kier molecular flexibility index (Phi) is 5.24. The number of fused-ring (bicyclic) bond motifs is 1. The van der Waals surface area contributed by atoms with Gasteiger partial charge in [-0.15, -0.1) is 6.42 Å². The number of amides is 5. The van der Waals surface area contributed by atoms with Crippen LogP contribution in [0.1, 0.15) is 33.6 Å². The van der Waals surface area contributed by atoms with Crippen LogP contribution in [-0.4, -0.2) is 65.5 Å². The molecule has 1 unspecified atom stereocenters. The van der Waals surface area contributed by atoms with E-state index in [0.29, 0.717) is 0 Å². The number of anilines is 1. The minimum atomic E-state index is -1.05. The lowest BCUT2D eigenvalue weighted by molar-refractivity contribution is -0.149. The zero-order chi connectivity index (χ0) is 20.4. The van der Waals surface area contributed by atoms with Crippen LogP contribution in [0.5, 0.6) is 0 Å². The molecule has 9 nitrogen and oxygen atoms in total. The number of nitrogens with one attached hydrogen (secondary N) is 2. The molecule has 1 aromatic rings. The Morgan fingerprint density at radius 1 is 1.25 bits per heavy atom. The van der Waals surface area contributed by atoms with Crippen molar-refractivity contribution < 1.29 is 24.0 Å². The van der Waals surface area contributed by atoms with Crippen LogP contribution in [0.15, 0.2) is 18.2 Å². The fourth-order valence-corrected chi connectivity index (χ4v) is 3.27. The summed E-state index contributed by atoms with van der Waals surface area (Å²) in [4.78, 5) is 63.7. The van der Waals surface area contributed by atoms with Crippen molar-refractivity contribution in [2.24, 2.45) is 0 Å². The Labute approximate surface area is 161 Å². The number of likely N-dealkylation sites (N-methyl/N-ethyl adjacent to an activating group) is 1. The number of carbonyl (C=O) groups excluding carboxylic acids is 5. The summed E-state index contributed by atoms with van der Waals surface area (Å²) in [5.74, 6) is -0.345.